The second kappa shape index (κ2) is 9.28. The van der Waals surface area contributed by atoms with E-state index in [9.17, 15) is 4.79 Å². The highest BCUT2D eigenvalue weighted by Crippen LogP contribution is 2.37. The van der Waals surface area contributed by atoms with Gasteiger partial charge in [0, 0.05) is 15.9 Å². The van der Waals surface area contributed by atoms with Gasteiger partial charge in [-0.1, -0.05) is 64.1 Å². The Morgan fingerprint density at radius 3 is 2.65 bits per heavy atom. The van der Waals surface area contributed by atoms with E-state index in [1.165, 1.54) is 11.1 Å². The molecule has 1 N–H and O–H groups in total. The number of nitrogens with zero attached hydrogens (tertiary/aromatic N) is 3. The number of carbonyl (C=O) groups is 1. The molecular formula is C23H23BrN4O2S. The molecule has 0 radical (unpaired) electrons. The second-order valence-electron chi connectivity index (χ2n) is 7.22. The topological polar surface area (TPSA) is 69.0 Å². The third kappa shape index (κ3) is 4.55. The standard InChI is InChI=1S/C23H23BrN4O2S/c1-4-30-21(29)19-15(3)25-22-26-23(31-13-17-8-6-5-7-14(17)2)27-28(22)20(19)16-9-11-18(24)12-10-16/h5-12,20H,4,13H2,1-3H3,(H,25,26,27). The summed E-state index contributed by atoms with van der Waals surface area (Å²) >= 11 is 5.06. The van der Waals surface area contributed by atoms with Crippen LogP contribution < -0.4 is 5.32 Å². The summed E-state index contributed by atoms with van der Waals surface area (Å²) in [6.07, 6.45) is 0. The summed E-state index contributed by atoms with van der Waals surface area (Å²) < 4.78 is 8.10. The Morgan fingerprint density at radius 1 is 1.19 bits per heavy atom. The molecular weight excluding hydrogens is 476 g/mol. The lowest BCUT2D eigenvalue weighted by Gasteiger charge is -2.28. The smallest absolute Gasteiger partial charge is 0.338 e. The lowest BCUT2D eigenvalue weighted by Crippen LogP contribution is -2.29. The third-order valence-corrected chi connectivity index (χ3v) is 6.55. The monoisotopic (exact) mass is 498 g/mol. The minimum Gasteiger partial charge on any atom is -0.463 e. The van der Waals surface area contributed by atoms with E-state index in [0.29, 0.717) is 23.3 Å². The zero-order valence-corrected chi connectivity index (χ0v) is 20.0. The van der Waals surface area contributed by atoms with Gasteiger partial charge in [0.05, 0.1) is 12.2 Å². The van der Waals surface area contributed by atoms with E-state index >= 15 is 0 Å². The Balaban J connectivity index is 1.70. The molecule has 0 fully saturated rings. The largest absolute Gasteiger partial charge is 0.463 e. The van der Waals surface area contributed by atoms with Gasteiger partial charge in [0.15, 0.2) is 0 Å². The normalized spacial score (nSPS) is 15.4. The Hall–Kier alpha value is -2.58. The van der Waals surface area contributed by atoms with Crippen LogP contribution in [-0.4, -0.2) is 27.3 Å². The van der Waals surface area contributed by atoms with Crippen molar-refractivity contribution in [1.82, 2.24) is 14.8 Å². The second-order valence-corrected chi connectivity index (χ2v) is 9.07. The Labute approximate surface area is 194 Å². The molecule has 0 bridgehead atoms. The lowest BCUT2D eigenvalue weighted by atomic mass is 9.96. The highest BCUT2D eigenvalue weighted by molar-refractivity contribution is 9.10. The molecule has 2 aromatic carbocycles. The van der Waals surface area contributed by atoms with Gasteiger partial charge in [0.25, 0.3) is 0 Å². The minimum atomic E-state index is -0.413. The number of nitrogens with one attached hydrogen (secondary N) is 1. The molecule has 1 aliphatic heterocycles. The molecule has 1 aliphatic rings. The van der Waals surface area contributed by atoms with Crippen LogP contribution in [0.15, 0.2) is 69.4 Å². The zero-order chi connectivity index (χ0) is 22.0. The van der Waals surface area contributed by atoms with E-state index in [0.717, 1.165) is 21.5 Å². The maximum atomic E-state index is 12.8. The number of thioether (sulfide) groups is 1. The fourth-order valence-electron chi connectivity index (χ4n) is 3.53. The summed E-state index contributed by atoms with van der Waals surface area (Å²) in [5.74, 6) is 1.04. The fourth-order valence-corrected chi connectivity index (χ4v) is 4.70. The Morgan fingerprint density at radius 2 is 1.94 bits per heavy atom. The Bertz CT molecular complexity index is 1140. The molecule has 160 valence electrons. The molecule has 0 aliphatic carbocycles. The number of carbonyl (C=O) groups excluding carboxylic acids is 1. The number of halogens is 1. The number of hydrogen-bond donors (Lipinski definition) is 1. The highest BCUT2D eigenvalue weighted by Gasteiger charge is 2.35. The van der Waals surface area contributed by atoms with Crippen LogP contribution in [-0.2, 0) is 15.3 Å². The summed E-state index contributed by atoms with van der Waals surface area (Å²) in [5.41, 5.74) is 4.69. The molecule has 4 rings (SSSR count). The van der Waals surface area contributed by atoms with Gasteiger partial charge in [-0.2, -0.15) is 4.98 Å². The van der Waals surface area contributed by atoms with Crippen molar-refractivity contribution in [3.63, 3.8) is 0 Å². The number of ether oxygens (including phenoxy) is 1. The average molecular weight is 499 g/mol. The number of allylic oxidation sites excluding steroid dienone is 1. The number of hydrogen-bond acceptors (Lipinski definition) is 6. The van der Waals surface area contributed by atoms with Crippen molar-refractivity contribution in [2.24, 2.45) is 0 Å². The van der Waals surface area contributed by atoms with E-state index < -0.39 is 6.04 Å². The first-order valence-electron chi connectivity index (χ1n) is 10.0. The molecule has 0 saturated heterocycles. The van der Waals surface area contributed by atoms with Crippen LogP contribution in [0, 0.1) is 6.92 Å². The van der Waals surface area contributed by atoms with Crippen LogP contribution in [0.5, 0.6) is 0 Å². The molecule has 2 heterocycles. The third-order valence-electron chi connectivity index (χ3n) is 5.13. The number of rotatable bonds is 6. The quantitative estimate of drug-likeness (QED) is 0.357. The molecule has 1 unspecified atom stereocenters. The van der Waals surface area contributed by atoms with Crippen LogP contribution >= 0.6 is 27.7 Å². The molecule has 1 aromatic heterocycles. The zero-order valence-electron chi connectivity index (χ0n) is 17.6. The van der Waals surface area contributed by atoms with Gasteiger partial charge in [0.2, 0.25) is 11.1 Å². The average Bonchev–Trinajstić information content (AvgIpc) is 3.15. The van der Waals surface area contributed by atoms with Crippen molar-refractivity contribution in [3.05, 3.63) is 81.0 Å². The maximum Gasteiger partial charge on any atom is 0.338 e. The summed E-state index contributed by atoms with van der Waals surface area (Å²) in [6.45, 7) is 6.09. The van der Waals surface area contributed by atoms with Crippen LogP contribution in [0.3, 0.4) is 0 Å². The van der Waals surface area contributed by atoms with Crippen molar-refractivity contribution in [2.75, 3.05) is 11.9 Å². The van der Waals surface area contributed by atoms with Crippen LogP contribution in [0.2, 0.25) is 0 Å². The molecule has 31 heavy (non-hydrogen) atoms. The molecule has 0 saturated carbocycles. The lowest BCUT2D eigenvalue weighted by molar-refractivity contribution is -0.139. The van der Waals surface area contributed by atoms with Gasteiger partial charge in [-0.25, -0.2) is 9.48 Å². The number of benzene rings is 2. The summed E-state index contributed by atoms with van der Waals surface area (Å²) in [7, 11) is 0. The van der Waals surface area contributed by atoms with Gasteiger partial charge >= 0.3 is 5.97 Å². The summed E-state index contributed by atoms with van der Waals surface area (Å²) in [6, 6.07) is 15.8. The van der Waals surface area contributed by atoms with Crippen molar-refractivity contribution in [2.45, 2.75) is 37.7 Å². The predicted octanol–water partition coefficient (Wildman–Crippen LogP) is 5.49. The molecule has 8 heteroatoms. The van der Waals surface area contributed by atoms with Crippen LogP contribution in [0.1, 0.15) is 36.6 Å². The number of fused-ring (bicyclic) bond motifs is 1. The van der Waals surface area contributed by atoms with Gasteiger partial charge in [-0.15, -0.1) is 5.10 Å². The molecule has 1 atom stereocenters. The first-order chi connectivity index (χ1) is 15.0. The number of anilines is 1. The first-order valence-corrected chi connectivity index (χ1v) is 11.8. The SMILES string of the molecule is CCOC(=O)C1=C(C)Nc2nc(SCc3ccccc3C)nn2C1c1ccc(Br)cc1. The number of aryl methyl sites for hydroxylation is 1. The fraction of sp³-hybridized carbons (Fsp3) is 0.261. The minimum absolute atomic E-state index is 0.310. The maximum absolute atomic E-state index is 12.8. The van der Waals surface area contributed by atoms with E-state index in [1.807, 2.05) is 43.3 Å². The highest BCUT2D eigenvalue weighted by atomic mass is 79.9. The van der Waals surface area contributed by atoms with Crippen molar-refractivity contribution in [1.29, 1.82) is 0 Å². The van der Waals surface area contributed by atoms with Crippen molar-refractivity contribution < 1.29 is 9.53 Å². The van der Waals surface area contributed by atoms with Crippen molar-refractivity contribution in [3.8, 4) is 0 Å². The van der Waals surface area contributed by atoms with Gasteiger partial charge < -0.3 is 10.1 Å². The number of esters is 1. The molecule has 0 spiro atoms. The van der Waals surface area contributed by atoms with E-state index in [-0.39, 0.29) is 5.97 Å². The van der Waals surface area contributed by atoms with Gasteiger partial charge in [-0.05, 0) is 49.6 Å². The van der Waals surface area contributed by atoms with Crippen molar-refractivity contribution >= 4 is 39.6 Å². The van der Waals surface area contributed by atoms with E-state index in [1.54, 1.807) is 23.4 Å². The Kier molecular flexibility index (Phi) is 6.48. The van der Waals surface area contributed by atoms with Crippen LogP contribution in [0.25, 0.3) is 0 Å². The first kappa shape index (κ1) is 21.6. The summed E-state index contributed by atoms with van der Waals surface area (Å²) in [5, 5.41) is 8.65. The number of aromatic nitrogens is 3. The summed E-state index contributed by atoms with van der Waals surface area (Å²) in [4.78, 5) is 17.5. The molecule has 0 amide bonds. The van der Waals surface area contributed by atoms with E-state index in [2.05, 4.69) is 45.3 Å². The van der Waals surface area contributed by atoms with Gasteiger partial charge in [-0.3, -0.25) is 0 Å². The van der Waals surface area contributed by atoms with Gasteiger partial charge in [0.1, 0.15) is 6.04 Å². The van der Waals surface area contributed by atoms with Crippen LogP contribution in [0.4, 0.5) is 5.95 Å². The molecule has 6 nitrogen and oxygen atoms in total. The molecule has 3 aromatic rings. The van der Waals surface area contributed by atoms with E-state index in [4.69, 9.17) is 9.84 Å². The predicted molar refractivity (Wildman–Crippen MR) is 126 cm³/mol.